The van der Waals surface area contributed by atoms with E-state index in [1.807, 2.05) is 0 Å². The molecule has 65 heavy (non-hydrogen) atoms. The lowest BCUT2D eigenvalue weighted by atomic mass is 9.77. The van der Waals surface area contributed by atoms with Crippen molar-refractivity contribution in [3.05, 3.63) is 0 Å². The summed E-state index contributed by atoms with van der Waals surface area (Å²) in [6.07, 6.45) is 25.5. The number of fused-ring (bicyclic) bond motifs is 9. The third kappa shape index (κ3) is 18.1. The monoisotopic (exact) mass is 912 g/mol. The summed E-state index contributed by atoms with van der Waals surface area (Å²) in [5.41, 5.74) is 3.74. The molecule has 0 spiro atoms. The van der Waals surface area contributed by atoms with E-state index in [9.17, 15) is 0 Å². The fraction of sp³-hybridized carbons (Fsp3) is 1.00. The fourth-order valence-corrected chi connectivity index (χ4v) is 13.1. The normalized spacial score (nSPS) is 35.5. The number of hydrogen-bond acceptors (Lipinski definition) is 7. The molecule has 0 unspecified atom stereocenters. The molecule has 6 bridgehead atoms. The van der Waals surface area contributed by atoms with Gasteiger partial charge in [-0.3, -0.25) is 14.7 Å². The number of hydrogen-bond donors (Lipinski definition) is 0. The summed E-state index contributed by atoms with van der Waals surface area (Å²) in [5, 5.41) is 0. The topological polar surface area (TPSA) is 22.7 Å². The molecule has 0 atom stereocenters. The molecule has 12 fully saturated rings. The van der Waals surface area contributed by atoms with E-state index in [0.717, 1.165) is 17.8 Å². The van der Waals surface area contributed by atoms with Crippen LogP contribution in [0.1, 0.15) is 213 Å². The summed E-state index contributed by atoms with van der Waals surface area (Å²) in [4.78, 5) is 17.7. The van der Waals surface area contributed by atoms with E-state index in [1.54, 1.807) is 0 Å². The van der Waals surface area contributed by atoms with Crippen LogP contribution in [0.5, 0.6) is 0 Å². The maximum atomic E-state index is 2.68. The molecule has 0 saturated carbocycles. The van der Waals surface area contributed by atoms with E-state index in [-0.39, 0.29) is 0 Å². The number of likely N-dealkylation sites (tertiary alicyclic amines) is 4. The predicted molar refractivity (Wildman–Crippen MR) is 287 cm³/mol. The van der Waals surface area contributed by atoms with Crippen molar-refractivity contribution in [3.8, 4) is 0 Å². The molecule has 7 heteroatoms. The molecular formula is C58H117N7. The smallest absolute Gasteiger partial charge is 0.0182 e. The molecular weight excluding hydrogens is 795 g/mol. The molecule has 0 N–H and O–H groups in total. The second-order valence-corrected chi connectivity index (χ2v) is 28.1. The average molecular weight is 913 g/mol. The molecule has 0 aromatic rings. The summed E-state index contributed by atoms with van der Waals surface area (Å²) < 4.78 is 0. The Labute approximate surface area is 408 Å². The summed E-state index contributed by atoms with van der Waals surface area (Å²) in [6, 6.07) is 0. The summed E-state index contributed by atoms with van der Waals surface area (Å²) in [6.45, 7) is 48.9. The van der Waals surface area contributed by atoms with Crippen LogP contribution in [0, 0.1) is 28.6 Å². The van der Waals surface area contributed by atoms with Crippen LogP contribution in [0.3, 0.4) is 0 Å². The van der Waals surface area contributed by atoms with E-state index >= 15 is 0 Å². The van der Waals surface area contributed by atoms with Crippen molar-refractivity contribution in [1.82, 2.24) is 34.3 Å². The molecule has 384 valence electrons. The first kappa shape index (κ1) is 57.3. The van der Waals surface area contributed by atoms with E-state index in [2.05, 4.69) is 159 Å². The van der Waals surface area contributed by atoms with Crippen LogP contribution in [0.15, 0.2) is 0 Å². The van der Waals surface area contributed by atoms with Gasteiger partial charge in [0.25, 0.3) is 0 Å². The molecule has 12 rings (SSSR count). The highest BCUT2D eigenvalue weighted by molar-refractivity contribution is 5.01. The Kier molecular flexibility index (Phi) is 21.4. The quantitative estimate of drug-likeness (QED) is 0.238. The molecule has 12 aliphatic heterocycles. The number of nitrogens with zero attached hydrogens (tertiary/aromatic N) is 7. The van der Waals surface area contributed by atoms with E-state index in [1.165, 1.54) is 194 Å². The summed E-state index contributed by atoms with van der Waals surface area (Å²) >= 11 is 0. The largest absolute Gasteiger partial charge is 0.306 e. The van der Waals surface area contributed by atoms with Crippen molar-refractivity contribution in [2.75, 3.05) is 107 Å². The van der Waals surface area contributed by atoms with E-state index in [4.69, 9.17) is 0 Å². The Morgan fingerprint density at radius 2 is 0.785 bits per heavy atom. The maximum Gasteiger partial charge on any atom is 0.0182 e. The highest BCUT2D eigenvalue weighted by Crippen LogP contribution is 2.43. The van der Waals surface area contributed by atoms with Gasteiger partial charge in [-0.25, -0.2) is 0 Å². The van der Waals surface area contributed by atoms with Crippen LogP contribution in [0.25, 0.3) is 0 Å². The van der Waals surface area contributed by atoms with Gasteiger partial charge in [-0.05, 0) is 307 Å². The third-order valence-electron chi connectivity index (χ3n) is 19.5. The summed E-state index contributed by atoms with van der Waals surface area (Å²) in [5.74, 6) is 3.13. The van der Waals surface area contributed by atoms with Gasteiger partial charge in [0.05, 0.1) is 0 Å². The highest BCUT2D eigenvalue weighted by atomic mass is 15.2. The van der Waals surface area contributed by atoms with Crippen molar-refractivity contribution in [2.24, 2.45) is 28.6 Å². The Morgan fingerprint density at radius 3 is 1.09 bits per heavy atom. The van der Waals surface area contributed by atoms with Gasteiger partial charge in [-0.15, -0.1) is 0 Å². The first-order valence-electron chi connectivity index (χ1n) is 28.1. The van der Waals surface area contributed by atoms with Gasteiger partial charge in [-0.2, -0.15) is 0 Å². The lowest BCUT2D eigenvalue weighted by molar-refractivity contribution is -0.00585. The first-order valence-corrected chi connectivity index (χ1v) is 28.1. The minimum absolute atomic E-state index is 0.470. The lowest BCUT2D eigenvalue weighted by Crippen LogP contribution is -2.54. The molecule has 12 heterocycles. The zero-order valence-corrected chi connectivity index (χ0v) is 47.6. The Hall–Kier alpha value is -0.280. The van der Waals surface area contributed by atoms with Crippen LogP contribution < -0.4 is 0 Å². The van der Waals surface area contributed by atoms with Crippen LogP contribution in [0.4, 0.5) is 0 Å². The van der Waals surface area contributed by atoms with Crippen molar-refractivity contribution in [2.45, 2.75) is 240 Å². The zero-order chi connectivity index (χ0) is 48.5. The van der Waals surface area contributed by atoms with Gasteiger partial charge in [0.1, 0.15) is 0 Å². The molecule has 0 amide bonds. The Morgan fingerprint density at radius 1 is 0.323 bits per heavy atom. The van der Waals surface area contributed by atoms with Crippen molar-refractivity contribution in [1.29, 1.82) is 0 Å². The maximum absolute atomic E-state index is 2.68. The van der Waals surface area contributed by atoms with Crippen molar-refractivity contribution in [3.63, 3.8) is 0 Å². The molecule has 0 aromatic carbocycles. The molecule has 0 aromatic heterocycles. The highest BCUT2D eigenvalue weighted by Gasteiger charge is 2.45. The zero-order valence-electron chi connectivity index (χ0n) is 47.6. The lowest BCUT2D eigenvalue weighted by Gasteiger charge is -2.51. The van der Waals surface area contributed by atoms with E-state index < -0.39 is 0 Å². The van der Waals surface area contributed by atoms with Crippen molar-refractivity contribution < 1.29 is 0 Å². The van der Waals surface area contributed by atoms with E-state index in [0.29, 0.717) is 38.5 Å². The minimum Gasteiger partial charge on any atom is -0.306 e. The van der Waals surface area contributed by atoms with Crippen LogP contribution >= 0.6 is 0 Å². The van der Waals surface area contributed by atoms with Gasteiger partial charge in [0.2, 0.25) is 0 Å². The third-order valence-corrected chi connectivity index (χ3v) is 19.5. The van der Waals surface area contributed by atoms with Crippen molar-refractivity contribution >= 4 is 0 Å². The molecule has 0 radical (unpaired) electrons. The van der Waals surface area contributed by atoms with Gasteiger partial charge in [-0.1, -0.05) is 34.1 Å². The number of rotatable bonds is 0. The molecule has 12 aliphatic rings. The fourth-order valence-electron chi connectivity index (χ4n) is 13.1. The molecule has 12 saturated heterocycles. The Bertz CT molecular complexity index is 1320. The van der Waals surface area contributed by atoms with Crippen LogP contribution in [0.2, 0.25) is 0 Å². The van der Waals surface area contributed by atoms with Gasteiger partial charge >= 0.3 is 0 Å². The standard InChI is InChI=1S/C10H19N.C9H17N.C8H15N.3C8H17N.C7H15N/c1-10(2)6-3-9-4-7-11(10)8-5-9;1-9(2)7-8-3-5-10(9)6-4-8;1-8(2)7-3-5-9(8)6-4-7;1-8(2)4-6-9(3)7-5-8;1-8(2)5-4-6-9(3)7-8;1-8(2)6-4-5-7-9(8)3;1-7(2)5-4-6-8(7)3/h9H,3-8H2,1-2H3;8H,3-7H2,1-2H3;7H,3-6H2,1-2H3;3*4-7H2,1-3H3;4-6H2,1-3H3. The summed E-state index contributed by atoms with van der Waals surface area (Å²) in [7, 11) is 8.84. The average Bonchev–Trinajstić information content (AvgIpc) is 3.72. The molecule has 7 nitrogen and oxygen atoms in total. The van der Waals surface area contributed by atoms with Gasteiger partial charge in [0.15, 0.2) is 0 Å². The first-order chi connectivity index (χ1) is 30.0. The van der Waals surface area contributed by atoms with Gasteiger partial charge < -0.3 is 19.6 Å². The van der Waals surface area contributed by atoms with Gasteiger partial charge in [0, 0.05) is 34.2 Å². The molecule has 0 aliphatic carbocycles. The SMILES string of the molecule is CC1(C)C2CCN1CC2.CC1(C)CC2CCN1CC2.CC1(C)CCC2CCN1CC2.CN1CCC(C)(C)CC1.CN1CCCC(C)(C)C1.CN1CCCC1(C)C.CN1CCCCC1(C)C. The van der Waals surface area contributed by atoms with Crippen LogP contribution in [-0.4, -0.2) is 169 Å². The van der Waals surface area contributed by atoms with Crippen LogP contribution in [-0.2, 0) is 0 Å². The second-order valence-electron chi connectivity index (χ2n) is 28.1. The Balaban J connectivity index is 0.000000166. The number of piperidine rings is 8. The second kappa shape index (κ2) is 24.2. The predicted octanol–water partition coefficient (Wildman–Crippen LogP) is 12.5. The minimum atomic E-state index is 0.470.